The number of nitrogens with one attached hydrogen (secondary N) is 1. The van der Waals surface area contributed by atoms with Crippen LogP contribution in [0.1, 0.15) is 46.1 Å². The fourth-order valence-electron chi connectivity index (χ4n) is 2.97. The number of alkyl carbamates (subject to hydrolysis) is 1. The molecule has 3 N–H and O–H groups in total. The first-order valence-electron chi connectivity index (χ1n) is 9.00. The molecule has 1 amide bonds. The molecule has 1 saturated heterocycles. The number of carbonyl (C=O) groups is 1. The lowest BCUT2D eigenvalue weighted by Crippen LogP contribution is -2.45. The van der Waals surface area contributed by atoms with Crippen molar-refractivity contribution >= 4 is 11.8 Å². The Morgan fingerprint density at radius 2 is 2.00 bits per heavy atom. The van der Waals surface area contributed by atoms with Crippen LogP contribution in [0.15, 0.2) is 18.2 Å². The molecule has 1 aliphatic heterocycles. The third kappa shape index (κ3) is 6.46. The average molecular weight is 349 g/mol. The van der Waals surface area contributed by atoms with Crippen molar-refractivity contribution < 1.29 is 14.3 Å². The second kappa shape index (κ2) is 8.43. The van der Waals surface area contributed by atoms with E-state index in [1.807, 2.05) is 45.9 Å². The van der Waals surface area contributed by atoms with E-state index >= 15 is 0 Å². The van der Waals surface area contributed by atoms with Gasteiger partial charge in [0.1, 0.15) is 11.4 Å². The van der Waals surface area contributed by atoms with Crippen LogP contribution in [0, 0.1) is 0 Å². The van der Waals surface area contributed by atoms with Gasteiger partial charge in [0.25, 0.3) is 0 Å². The third-order valence-electron chi connectivity index (χ3n) is 4.09. The summed E-state index contributed by atoms with van der Waals surface area (Å²) in [5.41, 5.74) is 7.32. The fraction of sp³-hybridized carbons (Fsp3) is 0.632. The largest absolute Gasteiger partial charge is 0.494 e. The number of ether oxygens (including phenoxy) is 2. The van der Waals surface area contributed by atoms with Crippen molar-refractivity contribution in [1.29, 1.82) is 0 Å². The van der Waals surface area contributed by atoms with E-state index in [0.29, 0.717) is 6.61 Å². The Balaban J connectivity index is 1.85. The number of piperidine rings is 1. The Bertz CT molecular complexity index is 576. The Morgan fingerprint density at radius 3 is 2.60 bits per heavy atom. The molecule has 140 valence electrons. The smallest absolute Gasteiger partial charge is 0.407 e. The molecule has 0 aliphatic carbocycles. The summed E-state index contributed by atoms with van der Waals surface area (Å²) in [5, 5.41) is 2.97. The van der Waals surface area contributed by atoms with Gasteiger partial charge in [0, 0.05) is 36.9 Å². The average Bonchev–Trinajstić information content (AvgIpc) is 2.50. The summed E-state index contributed by atoms with van der Waals surface area (Å²) in [6, 6.07) is 5.95. The van der Waals surface area contributed by atoms with Gasteiger partial charge in [-0.05, 0) is 58.7 Å². The van der Waals surface area contributed by atoms with Gasteiger partial charge in [-0.3, -0.25) is 4.90 Å². The summed E-state index contributed by atoms with van der Waals surface area (Å²) in [6.07, 6.45) is 1.48. The minimum Gasteiger partial charge on any atom is -0.494 e. The number of hydrogen-bond donors (Lipinski definition) is 2. The van der Waals surface area contributed by atoms with Crippen molar-refractivity contribution in [2.75, 3.05) is 25.4 Å². The van der Waals surface area contributed by atoms with Gasteiger partial charge < -0.3 is 20.5 Å². The first-order valence-corrected chi connectivity index (χ1v) is 9.00. The molecule has 1 fully saturated rings. The van der Waals surface area contributed by atoms with Crippen molar-refractivity contribution in [3.8, 4) is 5.75 Å². The Labute approximate surface area is 150 Å². The van der Waals surface area contributed by atoms with Crippen molar-refractivity contribution in [2.24, 2.45) is 0 Å². The quantitative estimate of drug-likeness (QED) is 0.799. The topological polar surface area (TPSA) is 76.8 Å². The molecule has 0 atom stereocenters. The minimum absolute atomic E-state index is 0.165. The monoisotopic (exact) mass is 349 g/mol. The molecule has 1 aromatic carbocycles. The van der Waals surface area contributed by atoms with Crippen LogP contribution in [-0.4, -0.2) is 42.3 Å². The van der Waals surface area contributed by atoms with Gasteiger partial charge >= 0.3 is 6.09 Å². The lowest BCUT2D eigenvalue weighted by molar-refractivity contribution is 0.0477. The van der Waals surface area contributed by atoms with Crippen LogP contribution < -0.4 is 15.8 Å². The second-order valence-electron chi connectivity index (χ2n) is 7.50. The maximum Gasteiger partial charge on any atom is 0.407 e. The normalized spacial score (nSPS) is 16.5. The van der Waals surface area contributed by atoms with Crippen LogP contribution >= 0.6 is 0 Å². The van der Waals surface area contributed by atoms with E-state index in [4.69, 9.17) is 15.2 Å². The Kier molecular flexibility index (Phi) is 6.53. The molecule has 0 saturated carbocycles. The maximum atomic E-state index is 11.9. The van der Waals surface area contributed by atoms with E-state index in [1.54, 1.807) is 0 Å². The molecule has 0 radical (unpaired) electrons. The molecule has 2 rings (SSSR count). The Hall–Kier alpha value is -1.95. The van der Waals surface area contributed by atoms with E-state index in [1.165, 1.54) is 0 Å². The number of nitrogens with two attached hydrogens (primary N) is 1. The Morgan fingerprint density at radius 1 is 1.32 bits per heavy atom. The van der Waals surface area contributed by atoms with Crippen LogP contribution in [-0.2, 0) is 11.3 Å². The number of anilines is 1. The molecule has 0 bridgehead atoms. The summed E-state index contributed by atoms with van der Waals surface area (Å²) in [7, 11) is 0. The number of nitrogen functional groups attached to an aromatic ring is 1. The molecule has 1 aromatic rings. The zero-order valence-electron chi connectivity index (χ0n) is 15.8. The molecular weight excluding hydrogens is 318 g/mol. The number of amides is 1. The summed E-state index contributed by atoms with van der Waals surface area (Å²) in [6.45, 7) is 10.9. The highest BCUT2D eigenvalue weighted by atomic mass is 16.6. The zero-order valence-corrected chi connectivity index (χ0v) is 15.8. The van der Waals surface area contributed by atoms with E-state index in [2.05, 4.69) is 10.2 Å². The van der Waals surface area contributed by atoms with Gasteiger partial charge in [-0.25, -0.2) is 4.79 Å². The molecular formula is C19H31N3O3. The van der Waals surface area contributed by atoms with Crippen LogP contribution in [0.4, 0.5) is 10.5 Å². The van der Waals surface area contributed by atoms with Crippen LogP contribution in [0.5, 0.6) is 5.75 Å². The molecule has 1 heterocycles. The highest BCUT2D eigenvalue weighted by molar-refractivity contribution is 5.68. The van der Waals surface area contributed by atoms with Gasteiger partial charge in [-0.2, -0.15) is 0 Å². The van der Waals surface area contributed by atoms with E-state index in [0.717, 1.165) is 49.5 Å². The van der Waals surface area contributed by atoms with Crippen molar-refractivity contribution in [3.63, 3.8) is 0 Å². The summed E-state index contributed by atoms with van der Waals surface area (Å²) < 4.78 is 11.0. The van der Waals surface area contributed by atoms with Gasteiger partial charge in [0.05, 0.1) is 6.61 Å². The SMILES string of the molecule is CCOc1ccc(N)cc1CN1CCC(NC(=O)OC(C)(C)C)CC1. The number of rotatable bonds is 5. The number of hydrogen-bond acceptors (Lipinski definition) is 5. The highest BCUT2D eigenvalue weighted by Gasteiger charge is 2.24. The van der Waals surface area contributed by atoms with Crippen molar-refractivity contribution in [3.05, 3.63) is 23.8 Å². The number of likely N-dealkylation sites (tertiary alicyclic amines) is 1. The lowest BCUT2D eigenvalue weighted by Gasteiger charge is -2.33. The minimum atomic E-state index is -0.465. The molecule has 0 spiro atoms. The molecule has 25 heavy (non-hydrogen) atoms. The van der Waals surface area contributed by atoms with E-state index in [-0.39, 0.29) is 12.1 Å². The van der Waals surface area contributed by atoms with Gasteiger partial charge in [-0.15, -0.1) is 0 Å². The summed E-state index contributed by atoms with van der Waals surface area (Å²) in [5.74, 6) is 0.894. The van der Waals surface area contributed by atoms with Crippen LogP contribution in [0.3, 0.4) is 0 Å². The number of nitrogens with zero attached hydrogens (tertiary/aromatic N) is 1. The molecule has 1 aliphatic rings. The summed E-state index contributed by atoms with van der Waals surface area (Å²) in [4.78, 5) is 14.2. The molecule has 6 heteroatoms. The summed E-state index contributed by atoms with van der Waals surface area (Å²) >= 11 is 0. The van der Waals surface area contributed by atoms with E-state index in [9.17, 15) is 4.79 Å². The van der Waals surface area contributed by atoms with Gasteiger partial charge in [0.2, 0.25) is 0 Å². The lowest BCUT2D eigenvalue weighted by atomic mass is 10.0. The predicted octanol–water partition coefficient (Wildman–Crippen LogP) is 3.16. The van der Waals surface area contributed by atoms with Gasteiger partial charge in [-0.1, -0.05) is 0 Å². The van der Waals surface area contributed by atoms with Crippen LogP contribution in [0.2, 0.25) is 0 Å². The highest BCUT2D eigenvalue weighted by Crippen LogP contribution is 2.24. The zero-order chi connectivity index (χ0) is 18.4. The number of benzene rings is 1. The second-order valence-corrected chi connectivity index (χ2v) is 7.50. The first-order chi connectivity index (χ1) is 11.8. The van der Waals surface area contributed by atoms with E-state index < -0.39 is 5.60 Å². The predicted molar refractivity (Wildman–Crippen MR) is 99.7 cm³/mol. The fourth-order valence-corrected chi connectivity index (χ4v) is 2.97. The first kappa shape index (κ1) is 19.4. The number of carbonyl (C=O) groups excluding carboxylic acids is 1. The van der Waals surface area contributed by atoms with Crippen molar-refractivity contribution in [2.45, 2.75) is 58.7 Å². The maximum absolute atomic E-state index is 11.9. The van der Waals surface area contributed by atoms with Crippen LogP contribution in [0.25, 0.3) is 0 Å². The molecule has 0 aromatic heterocycles. The van der Waals surface area contributed by atoms with Gasteiger partial charge in [0.15, 0.2) is 0 Å². The molecule has 6 nitrogen and oxygen atoms in total. The standard InChI is InChI=1S/C19H31N3O3/c1-5-24-17-7-6-15(20)12-14(17)13-22-10-8-16(9-11-22)21-18(23)25-19(2,3)4/h6-7,12,16H,5,8-11,13,20H2,1-4H3,(H,21,23). The molecule has 0 unspecified atom stereocenters. The van der Waals surface area contributed by atoms with Crippen molar-refractivity contribution in [1.82, 2.24) is 10.2 Å². The third-order valence-corrected chi connectivity index (χ3v) is 4.09.